The van der Waals surface area contributed by atoms with Crippen LogP contribution in [-0.2, 0) is 4.57 Å². The van der Waals surface area contributed by atoms with Crippen molar-refractivity contribution < 1.29 is 19.0 Å². The number of hydrogen-bond donors (Lipinski definition) is 2. The van der Waals surface area contributed by atoms with Crippen molar-refractivity contribution in [3.8, 4) is 0 Å². The molecule has 58 valence electrons. The van der Waals surface area contributed by atoms with Gasteiger partial charge in [-0.25, -0.2) is 9.55 Å². The van der Waals surface area contributed by atoms with Gasteiger partial charge in [-0.2, -0.15) is 4.73 Å². The molecule has 0 aromatic carbocycles. The molecule has 2 N–H and O–H groups in total. The Hall–Kier alpha value is 0.160. The molecule has 6 nitrogen and oxygen atoms in total. The van der Waals surface area contributed by atoms with Crippen LogP contribution >= 0.6 is 7.82 Å². The predicted octanol–water partition coefficient (Wildman–Crippen LogP) is -1.24. The van der Waals surface area contributed by atoms with Gasteiger partial charge in [0.1, 0.15) is 6.33 Å². The fourth-order valence-electron chi connectivity index (χ4n) is 0.418. The second-order valence-corrected chi connectivity index (χ2v) is 2.64. The quantitative estimate of drug-likeness (QED) is 0.447. The minimum absolute atomic E-state index is 0. The van der Waals surface area contributed by atoms with E-state index in [9.17, 15) is 4.57 Å². The monoisotopic (exact) mass is 188 g/mol. The van der Waals surface area contributed by atoms with Crippen LogP contribution in [0.4, 0.5) is 0 Å². The first-order chi connectivity index (χ1) is 4.58. The first-order valence-corrected chi connectivity index (χ1v) is 3.84. The molecule has 0 amide bonds. The van der Waals surface area contributed by atoms with Crippen LogP contribution in [0.5, 0.6) is 0 Å². The van der Waals surface area contributed by atoms with Crippen LogP contribution in [0.3, 0.4) is 0 Å². The maximum absolute atomic E-state index is 10.1. The van der Waals surface area contributed by atoms with E-state index in [2.05, 4.69) is 9.61 Å². The number of aromatic nitrogens is 2. The summed E-state index contributed by atoms with van der Waals surface area (Å²) < 4.78 is 15.0. The second kappa shape index (κ2) is 4.25. The van der Waals surface area contributed by atoms with E-state index >= 15 is 0 Å². The van der Waals surface area contributed by atoms with Gasteiger partial charge < -0.3 is 4.62 Å². The van der Waals surface area contributed by atoms with Crippen molar-refractivity contribution in [1.82, 2.24) is 9.71 Å². The van der Waals surface area contributed by atoms with E-state index in [1.54, 1.807) is 0 Å². The molecule has 0 aliphatic rings. The standard InChI is InChI=1S/C3H5N2O4P.Na.H/c6-10(7,8)9-5-2-1-4-3-5;;/h1-3H,(H2,6,7,8);;. The van der Waals surface area contributed by atoms with Crippen LogP contribution in [0.15, 0.2) is 18.7 Å². The van der Waals surface area contributed by atoms with Gasteiger partial charge in [0, 0.05) is 6.20 Å². The zero-order valence-electron chi connectivity index (χ0n) is 4.78. The van der Waals surface area contributed by atoms with Crippen molar-refractivity contribution in [2.45, 2.75) is 0 Å². The molecule has 0 radical (unpaired) electrons. The summed E-state index contributed by atoms with van der Waals surface area (Å²) in [6.07, 6.45) is 3.76. The Balaban J connectivity index is 0.000001000. The van der Waals surface area contributed by atoms with Gasteiger partial charge in [-0.1, -0.05) is 0 Å². The predicted molar refractivity (Wildman–Crippen MR) is 38.0 cm³/mol. The van der Waals surface area contributed by atoms with Crippen molar-refractivity contribution >= 4 is 37.4 Å². The zero-order valence-corrected chi connectivity index (χ0v) is 5.68. The average molecular weight is 188 g/mol. The van der Waals surface area contributed by atoms with Gasteiger partial charge >= 0.3 is 37.4 Å². The number of phosphoric acid groups is 1. The average Bonchev–Trinajstić information content (AvgIpc) is 2.12. The summed E-state index contributed by atoms with van der Waals surface area (Å²) in [4.78, 5) is 20.0. The van der Waals surface area contributed by atoms with E-state index in [1.165, 1.54) is 12.4 Å². The van der Waals surface area contributed by atoms with E-state index in [1.807, 2.05) is 0 Å². The van der Waals surface area contributed by atoms with Gasteiger partial charge in [-0.05, 0) is 0 Å². The molecular weight excluding hydrogens is 182 g/mol. The van der Waals surface area contributed by atoms with Crippen molar-refractivity contribution in [2.24, 2.45) is 0 Å². The van der Waals surface area contributed by atoms with Crippen molar-refractivity contribution in [2.75, 3.05) is 0 Å². The molecule has 0 atom stereocenters. The first-order valence-electron chi connectivity index (χ1n) is 2.31. The third-order valence-corrected chi connectivity index (χ3v) is 1.08. The van der Waals surface area contributed by atoms with E-state index in [-0.39, 0.29) is 29.6 Å². The summed E-state index contributed by atoms with van der Waals surface area (Å²) in [7, 11) is -4.43. The Kier molecular flexibility index (Phi) is 4.31. The minimum atomic E-state index is -4.43. The Morgan fingerprint density at radius 1 is 1.55 bits per heavy atom. The van der Waals surface area contributed by atoms with Gasteiger partial charge in [0.25, 0.3) is 0 Å². The van der Waals surface area contributed by atoms with Gasteiger partial charge in [-0.15, -0.1) is 0 Å². The molecule has 0 unspecified atom stereocenters. The molecule has 1 aromatic rings. The van der Waals surface area contributed by atoms with Crippen LogP contribution in [-0.4, -0.2) is 49.1 Å². The van der Waals surface area contributed by atoms with Crippen LogP contribution in [0.2, 0.25) is 0 Å². The van der Waals surface area contributed by atoms with Crippen molar-refractivity contribution in [3.05, 3.63) is 18.7 Å². The number of imidazole rings is 1. The Morgan fingerprint density at radius 3 is 2.55 bits per heavy atom. The molecular formula is C3H6N2NaO4P. The van der Waals surface area contributed by atoms with Crippen LogP contribution in [0.25, 0.3) is 0 Å². The molecule has 8 heteroatoms. The maximum atomic E-state index is 10.1. The second-order valence-electron chi connectivity index (χ2n) is 1.49. The van der Waals surface area contributed by atoms with Gasteiger partial charge in [0.2, 0.25) is 0 Å². The summed E-state index contributed by atoms with van der Waals surface area (Å²) in [6, 6.07) is 0. The number of hydrogen-bond acceptors (Lipinski definition) is 3. The van der Waals surface area contributed by atoms with E-state index in [0.29, 0.717) is 0 Å². The van der Waals surface area contributed by atoms with Crippen LogP contribution in [0.1, 0.15) is 0 Å². The van der Waals surface area contributed by atoms with Crippen LogP contribution < -0.4 is 4.62 Å². The molecule has 0 aliphatic carbocycles. The molecule has 1 aromatic heterocycles. The fourth-order valence-corrected chi connectivity index (χ4v) is 0.760. The van der Waals surface area contributed by atoms with Gasteiger partial charge in [0.05, 0.1) is 6.20 Å². The van der Waals surface area contributed by atoms with Gasteiger partial charge in [0.15, 0.2) is 0 Å². The summed E-state index contributed by atoms with van der Waals surface area (Å²) in [5.74, 6) is 0. The van der Waals surface area contributed by atoms with Crippen molar-refractivity contribution in [3.63, 3.8) is 0 Å². The molecule has 0 saturated heterocycles. The first kappa shape index (κ1) is 11.2. The molecule has 0 fully saturated rings. The molecule has 0 bridgehead atoms. The van der Waals surface area contributed by atoms with E-state index < -0.39 is 7.82 Å². The molecule has 0 spiro atoms. The summed E-state index contributed by atoms with van der Waals surface area (Å²) >= 11 is 0. The topological polar surface area (TPSA) is 84.6 Å². The zero-order chi connectivity index (χ0) is 7.61. The summed E-state index contributed by atoms with van der Waals surface area (Å²) in [5, 5.41) is 0. The molecule has 11 heavy (non-hydrogen) atoms. The molecule has 0 aliphatic heterocycles. The Labute approximate surface area is 84.7 Å². The molecule has 0 saturated carbocycles. The molecule has 1 heterocycles. The normalized spacial score (nSPS) is 10.4. The third-order valence-electron chi connectivity index (χ3n) is 0.681. The van der Waals surface area contributed by atoms with Crippen LogP contribution in [0, 0.1) is 0 Å². The van der Waals surface area contributed by atoms with E-state index in [4.69, 9.17) is 9.79 Å². The van der Waals surface area contributed by atoms with E-state index in [0.717, 1.165) is 11.1 Å². The SMILES string of the molecule is O=P(O)(O)On1ccnc1.[NaH]. The number of nitrogens with zero attached hydrogens (tertiary/aromatic N) is 2. The third kappa shape index (κ3) is 4.58. The Bertz CT molecular complexity index is 244. The summed E-state index contributed by atoms with van der Waals surface area (Å²) in [5.41, 5.74) is 0. The summed E-state index contributed by atoms with van der Waals surface area (Å²) in [6.45, 7) is 0. The van der Waals surface area contributed by atoms with Crippen molar-refractivity contribution in [1.29, 1.82) is 0 Å². The number of rotatable bonds is 2. The fraction of sp³-hybridized carbons (Fsp3) is 0. The van der Waals surface area contributed by atoms with Gasteiger partial charge in [-0.3, -0.25) is 9.79 Å². The molecule has 1 rings (SSSR count). The Morgan fingerprint density at radius 2 is 2.18 bits per heavy atom.